The molecule has 5 aromatic carbocycles. The Balaban J connectivity index is 0.000000171. The van der Waals surface area contributed by atoms with E-state index in [4.69, 9.17) is 5.73 Å². The summed E-state index contributed by atoms with van der Waals surface area (Å²) in [6.45, 7) is 8.08. The van der Waals surface area contributed by atoms with Gasteiger partial charge in [-0.1, -0.05) is 97.1 Å². The van der Waals surface area contributed by atoms with Gasteiger partial charge in [0.2, 0.25) is 0 Å². The predicted octanol–water partition coefficient (Wildman–Crippen LogP) is 8.82. The van der Waals surface area contributed by atoms with Crippen molar-refractivity contribution in [2.75, 3.05) is 23.0 Å². The average Bonchev–Trinajstić information content (AvgIpc) is 2.94. The summed E-state index contributed by atoms with van der Waals surface area (Å²) < 4.78 is 0. The Morgan fingerprint density at radius 3 is 1.64 bits per heavy atom. The summed E-state index contributed by atoms with van der Waals surface area (Å²) in [6, 6.07) is 45.8. The molecule has 5 rings (SSSR count). The van der Waals surface area contributed by atoms with Gasteiger partial charge in [0.05, 0.1) is 0 Å². The molecular formula is C36H41N3. The molecule has 0 amide bonds. The monoisotopic (exact) mass is 515 g/mol. The van der Waals surface area contributed by atoms with Gasteiger partial charge in [-0.05, 0) is 85.0 Å². The van der Waals surface area contributed by atoms with E-state index in [0.717, 1.165) is 18.8 Å². The van der Waals surface area contributed by atoms with Gasteiger partial charge >= 0.3 is 0 Å². The maximum Gasteiger partial charge on any atom is 0.0426 e. The van der Waals surface area contributed by atoms with Crippen molar-refractivity contribution >= 4 is 17.1 Å². The molecule has 0 atom stereocenters. The number of hydrogen-bond acceptors (Lipinski definition) is 3. The third-order valence-corrected chi connectivity index (χ3v) is 6.10. The summed E-state index contributed by atoms with van der Waals surface area (Å²) in [4.78, 5) is 2.27. The molecule has 0 heterocycles. The maximum absolute atomic E-state index is 5.46. The zero-order chi connectivity index (χ0) is 27.9. The van der Waals surface area contributed by atoms with Gasteiger partial charge in [0.15, 0.2) is 0 Å². The summed E-state index contributed by atoms with van der Waals surface area (Å²) in [7, 11) is 2.13. The summed E-state index contributed by atoms with van der Waals surface area (Å²) in [5, 5.41) is 3.40. The van der Waals surface area contributed by atoms with E-state index < -0.39 is 0 Å². The van der Waals surface area contributed by atoms with Crippen molar-refractivity contribution in [3.8, 4) is 0 Å². The van der Waals surface area contributed by atoms with Crippen LogP contribution in [0, 0.1) is 20.8 Å². The highest BCUT2D eigenvalue weighted by molar-refractivity contribution is 5.48. The first-order valence-corrected chi connectivity index (χ1v) is 13.4. The van der Waals surface area contributed by atoms with Crippen molar-refractivity contribution < 1.29 is 0 Å². The van der Waals surface area contributed by atoms with E-state index in [1.54, 1.807) is 0 Å². The van der Waals surface area contributed by atoms with Crippen LogP contribution in [-0.2, 0) is 13.1 Å². The molecule has 0 unspecified atom stereocenters. The Morgan fingerprint density at radius 1 is 0.564 bits per heavy atom. The van der Waals surface area contributed by atoms with Crippen LogP contribution in [-0.4, -0.2) is 7.05 Å². The molecule has 5 aromatic rings. The van der Waals surface area contributed by atoms with Gasteiger partial charge in [0, 0.05) is 37.2 Å². The molecule has 3 heteroatoms. The lowest BCUT2D eigenvalue weighted by molar-refractivity contribution is 0.922. The molecule has 0 saturated heterocycles. The van der Waals surface area contributed by atoms with Crippen LogP contribution in [0.5, 0.6) is 0 Å². The fourth-order valence-electron chi connectivity index (χ4n) is 4.04. The lowest BCUT2D eigenvalue weighted by Gasteiger charge is -2.19. The molecule has 0 aromatic heterocycles. The van der Waals surface area contributed by atoms with Crippen molar-refractivity contribution in [1.29, 1.82) is 0 Å². The molecule has 0 aliphatic carbocycles. The van der Waals surface area contributed by atoms with Crippen molar-refractivity contribution in [2.24, 2.45) is 0 Å². The molecule has 0 aliphatic heterocycles. The van der Waals surface area contributed by atoms with E-state index in [1.165, 1.54) is 39.2 Å². The number of nitrogen functional groups attached to an aromatic ring is 1. The molecule has 0 radical (unpaired) electrons. The van der Waals surface area contributed by atoms with E-state index in [9.17, 15) is 0 Å². The van der Waals surface area contributed by atoms with Crippen LogP contribution in [0.25, 0.3) is 0 Å². The molecule has 0 bridgehead atoms. The van der Waals surface area contributed by atoms with Crippen molar-refractivity contribution in [3.05, 3.63) is 161 Å². The number of anilines is 3. The van der Waals surface area contributed by atoms with Gasteiger partial charge in [-0.25, -0.2) is 0 Å². The van der Waals surface area contributed by atoms with Crippen LogP contribution in [0.15, 0.2) is 133 Å². The highest BCUT2D eigenvalue weighted by Gasteiger charge is 2.01. The van der Waals surface area contributed by atoms with Crippen molar-refractivity contribution in [3.63, 3.8) is 0 Å². The van der Waals surface area contributed by atoms with Gasteiger partial charge in [0.25, 0.3) is 0 Å². The maximum atomic E-state index is 5.46. The van der Waals surface area contributed by atoms with Gasteiger partial charge in [0.1, 0.15) is 0 Å². The van der Waals surface area contributed by atoms with Crippen LogP contribution in [0.3, 0.4) is 0 Å². The van der Waals surface area contributed by atoms with E-state index in [-0.39, 0.29) is 0 Å². The van der Waals surface area contributed by atoms with Crippen molar-refractivity contribution in [2.45, 2.75) is 33.9 Å². The normalized spacial score (nSPS) is 9.85. The fourth-order valence-corrected chi connectivity index (χ4v) is 4.04. The minimum atomic E-state index is 0.838. The Labute approximate surface area is 235 Å². The number of hydrogen-bond donors (Lipinski definition) is 2. The number of benzene rings is 5. The second-order valence-corrected chi connectivity index (χ2v) is 9.80. The Morgan fingerprint density at radius 2 is 1.10 bits per heavy atom. The quantitative estimate of drug-likeness (QED) is 0.222. The zero-order valence-electron chi connectivity index (χ0n) is 23.6. The second-order valence-electron chi connectivity index (χ2n) is 9.80. The second kappa shape index (κ2) is 15.7. The first kappa shape index (κ1) is 29.1. The van der Waals surface area contributed by atoms with E-state index >= 15 is 0 Å². The smallest absolute Gasteiger partial charge is 0.0426 e. The molecule has 39 heavy (non-hydrogen) atoms. The minimum absolute atomic E-state index is 0.838. The number of nitrogens with one attached hydrogen (secondary N) is 1. The molecule has 0 spiro atoms. The van der Waals surface area contributed by atoms with E-state index in [1.807, 2.05) is 37.3 Å². The van der Waals surface area contributed by atoms with Gasteiger partial charge in [-0.3, -0.25) is 0 Å². The highest BCUT2D eigenvalue weighted by atomic mass is 15.1. The molecule has 3 N–H and O–H groups in total. The summed E-state index contributed by atoms with van der Waals surface area (Å²) in [6.07, 6.45) is 0. The van der Waals surface area contributed by atoms with Crippen LogP contribution < -0.4 is 16.0 Å². The Bertz CT molecular complexity index is 1360. The van der Waals surface area contributed by atoms with E-state index in [2.05, 4.69) is 134 Å². The van der Waals surface area contributed by atoms with Gasteiger partial charge in [-0.2, -0.15) is 0 Å². The number of aryl methyl sites for hydroxylation is 3. The standard InChI is InChI=1S/C15H17N.C14H15N.C7H9N/c1-13-7-6-10-15(11-13)16(2)12-14-8-4-3-5-9-14;1-12-6-5-9-14(10-12)15-11-13-7-3-2-4-8-13;1-6-3-2-4-7(8)5-6/h3-11H,12H2,1-2H3;2-10,15H,11H2,1H3;2-5H,8H2,1H3. The van der Waals surface area contributed by atoms with Crippen LogP contribution >= 0.6 is 0 Å². The summed E-state index contributed by atoms with van der Waals surface area (Å²) in [5.74, 6) is 0. The largest absolute Gasteiger partial charge is 0.399 e. The molecule has 0 fully saturated rings. The molecular weight excluding hydrogens is 474 g/mol. The van der Waals surface area contributed by atoms with Crippen LogP contribution in [0.2, 0.25) is 0 Å². The first-order chi connectivity index (χ1) is 18.9. The lowest BCUT2D eigenvalue weighted by atomic mass is 10.2. The first-order valence-electron chi connectivity index (χ1n) is 13.4. The average molecular weight is 516 g/mol. The fraction of sp³-hybridized carbons (Fsp3) is 0.167. The molecule has 0 aliphatic rings. The van der Waals surface area contributed by atoms with Crippen LogP contribution in [0.4, 0.5) is 17.1 Å². The molecule has 0 saturated carbocycles. The zero-order valence-corrected chi connectivity index (χ0v) is 23.6. The highest BCUT2D eigenvalue weighted by Crippen LogP contribution is 2.16. The molecule has 3 nitrogen and oxygen atoms in total. The Hall–Kier alpha value is -4.50. The third-order valence-electron chi connectivity index (χ3n) is 6.10. The number of nitrogens with two attached hydrogens (primary N) is 1. The third kappa shape index (κ3) is 11.2. The number of nitrogens with zero attached hydrogens (tertiary/aromatic N) is 1. The number of rotatable bonds is 6. The minimum Gasteiger partial charge on any atom is -0.399 e. The summed E-state index contributed by atoms with van der Waals surface area (Å²) in [5.41, 5.74) is 15.2. The SMILES string of the molecule is Cc1cccc(N(C)Cc2ccccc2)c1.Cc1cccc(N)c1.Cc1cccc(NCc2ccccc2)c1. The van der Waals surface area contributed by atoms with Gasteiger partial charge < -0.3 is 16.0 Å². The lowest BCUT2D eigenvalue weighted by Crippen LogP contribution is -2.16. The summed E-state index contributed by atoms with van der Waals surface area (Å²) >= 11 is 0. The molecule has 200 valence electrons. The van der Waals surface area contributed by atoms with Gasteiger partial charge in [-0.15, -0.1) is 0 Å². The predicted molar refractivity (Wildman–Crippen MR) is 170 cm³/mol. The van der Waals surface area contributed by atoms with Crippen molar-refractivity contribution in [1.82, 2.24) is 0 Å². The Kier molecular flexibility index (Phi) is 11.7. The van der Waals surface area contributed by atoms with Crippen LogP contribution in [0.1, 0.15) is 27.8 Å². The topological polar surface area (TPSA) is 41.3 Å². The van der Waals surface area contributed by atoms with E-state index in [0.29, 0.717) is 0 Å².